The third-order valence-corrected chi connectivity index (χ3v) is 5.09. The van der Waals surface area contributed by atoms with Gasteiger partial charge >= 0.3 is 0 Å². The third kappa shape index (κ3) is 4.06. The van der Waals surface area contributed by atoms with Crippen molar-refractivity contribution in [2.75, 3.05) is 13.2 Å². The van der Waals surface area contributed by atoms with Crippen LogP contribution in [0.25, 0.3) is 0 Å². The molecule has 2 atom stereocenters. The molecule has 116 valence electrons. The van der Waals surface area contributed by atoms with E-state index in [9.17, 15) is 0 Å². The first kappa shape index (κ1) is 15.0. The molecule has 0 spiro atoms. The van der Waals surface area contributed by atoms with Crippen molar-refractivity contribution in [1.29, 1.82) is 0 Å². The SMILES string of the molecule is N[C@H]1CCCN[C@H]1CO[C@H]1CC[C@@H](c2ccccc2)CC1. The Morgan fingerprint density at radius 1 is 1.05 bits per heavy atom. The van der Waals surface area contributed by atoms with E-state index in [-0.39, 0.29) is 6.04 Å². The highest BCUT2D eigenvalue weighted by Gasteiger charge is 2.26. The third-order valence-electron chi connectivity index (χ3n) is 5.09. The average molecular weight is 288 g/mol. The van der Waals surface area contributed by atoms with Crippen LogP contribution in [0.4, 0.5) is 0 Å². The highest BCUT2D eigenvalue weighted by Crippen LogP contribution is 2.33. The quantitative estimate of drug-likeness (QED) is 0.895. The molecule has 0 amide bonds. The second-order valence-electron chi connectivity index (χ2n) is 6.58. The average Bonchev–Trinajstić information content (AvgIpc) is 2.55. The van der Waals surface area contributed by atoms with Crippen molar-refractivity contribution in [3.63, 3.8) is 0 Å². The Kier molecular flexibility index (Phi) is 5.28. The van der Waals surface area contributed by atoms with Crippen LogP contribution in [0.5, 0.6) is 0 Å². The molecule has 2 aliphatic rings. The summed E-state index contributed by atoms with van der Waals surface area (Å²) >= 11 is 0. The number of benzene rings is 1. The van der Waals surface area contributed by atoms with Gasteiger partial charge in [0.15, 0.2) is 0 Å². The van der Waals surface area contributed by atoms with E-state index in [0.29, 0.717) is 12.1 Å². The van der Waals surface area contributed by atoms with E-state index < -0.39 is 0 Å². The summed E-state index contributed by atoms with van der Waals surface area (Å²) in [6.45, 7) is 1.87. The van der Waals surface area contributed by atoms with Crippen LogP contribution in [0.2, 0.25) is 0 Å². The zero-order chi connectivity index (χ0) is 14.5. The van der Waals surface area contributed by atoms with Crippen molar-refractivity contribution in [2.45, 2.75) is 62.6 Å². The van der Waals surface area contributed by atoms with Gasteiger partial charge in [0.1, 0.15) is 0 Å². The van der Waals surface area contributed by atoms with Crippen LogP contribution < -0.4 is 11.1 Å². The molecule has 3 N–H and O–H groups in total. The molecule has 1 aliphatic heterocycles. The minimum atomic E-state index is 0.263. The molecule has 3 nitrogen and oxygen atoms in total. The lowest BCUT2D eigenvalue weighted by Crippen LogP contribution is -2.52. The molecule has 1 aromatic rings. The van der Waals surface area contributed by atoms with E-state index in [1.165, 1.54) is 37.7 Å². The fraction of sp³-hybridized carbons (Fsp3) is 0.667. The van der Waals surface area contributed by atoms with Gasteiger partial charge in [0.05, 0.1) is 12.7 Å². The maximum atomic E-state index is 6.15. The Bertz CT molecular complexity index is 414. The van der Waals surface area contributed by atoms with E-state index in [1.807, 2.05) is 0 Å². The lowest BCUT2D eigenvalue weighted by molar-refractivity contribution is 0.00620. The van der Waals surface area contributed by atoms with Gasteiger partial charge in [-0.2, -0.15) is 0 Å². The second-order valence-corrected chi connectivity index (χ2v) is 6.58. The summed E-state index contributed by atoms with van der Waals surface area (Å²) in [5.74, 6) is 0.723. The molecule has 0 radical (unpaired) electrons. The molecule has 2 fully saturated rings. The molecule has 1 aliphatic carbocycles. The first-order valence-corrected chi connectivity index (χ1v) is 8.48. The molecule has 0 bridgehead atoms. The van der Waals surface area contributed by atoms with Crippen molar-refractivity contribution in [2.24, 2.45) is 5.73 Å². The minimum absolute atomic E-state index is 0.263. The number of hydrogen-bond donors (Lipinski definition) is 2. The summed E-state index contributed by atoms with van der Waals surface area (Å²) in [7, 11) is 0. The predicted octanol–water partition coefficient (Wildman–Crippen LogP) is 2.81. The topological polar surface area (TPSA) is 47.3 Å². The fourth-order valence-electron chi connectivity index (χ4n) is 3.69. The lowest BCUT2D eigenvalue weighted by Gasteiger charge is -2.33. The minimum Gasteiger partial charge on any atom is -0.377 e. The summed E-state index contributed by atoms with van der Waals surface area (Å²) in [6, 6.07) is 11.5. The molecule has 1 saturated heterocycles. The molecule has 0 unspecified atom stereocenters. The molecule has 1 saturated carbocycles. The Morgan fingerprint density at radius 3 is 2.52 bits per heavy atom. The van der Waals surface area contributed by atoms with Crippen LogP contribution >= 0.6 is 0 Å². The van der Waals surface area contributed by atoms with E-state index in [0.717, 1.165) is 25.5 Å². The summed E-state index contributed by atoms with van der Waals surface area (Å²) in [5, 5.41) is 3.49. The van der Waals surface area contributed by atoms with Crippen molar-refractivity contribution in [3.05, 3.63) is 35.9 Å². The molecule has 3 rings (SSSR count). The Morgan fingerprint density at radius 2 is 1.81 bits per heavy atom. The summed E-state index contributed by atoms with van der Waals surface area (Å²) in [5.41, 5.74) is 7.64. The van der Waals surface area contributed by atoms with Crippen molar-refractivity contribution in [3.8, 4) is 0 Å². The largest absolute Gasteiger partial charge is 0.377 e. The standard InChI is InChI=1S/C18H28N2O/c19-17-7-4-12-20-18(17)13-21-16-10-8-15(9-11-16)14-5-2-1-3-6-14/h1-3,5-6,15-18,20H,4,7-13,19H2/t15-,16+,17-,18-/m0/s1. The van der Waals surface area contributed by atoms with Crippen molar-refractivity contribution < 1.29 is 4.74 Å². The maximum Gasteiger partial charge on any atom is 0.0638 e. The fourth-order valence-corrected chi connectivity index (χ4v) is 3.69. The molecule has 21 heavy (non-hydrogen) atoms. The zero-order valence-corrected chi connectivity index (χ0v) is 12.8. The van der Waals surface area contributed by atoms with Crippen LogP contribution in [0.3, 0.4) is 0 Å². The number of nitrogens with two attached hydrogens (primary N) is 1. The molecule has 1 aromatic carbocycles. The number of nitrogens with one attached hydrogen (secondary N) is 1. The Balaban J connectivity index is 1.41. The van der Waals surface area contributed by atoms with Gasteiger partial charge in [-0.25, -0.2) is 0 Å². The van der Waals surface area contributed by atoms with Gasteiger partial charge in [-0.1, -0.05) is 30.3 Å². The number of hydrogen-bond acceptors (Lipinski definition) is 3. The zero-order valence-electron chi connectivity index (χ0n) is 12.8. The molecule has 0 aromatic heterocycles. The van der Waals surface area contributed by atoms with Gasteiger partial charge in [0.2, 0.25) is 0 Å². The van der Waals surface area contributed by atoms with Gasteiger partial charge in [-0.15, -0.1) is 0 Å². The highest BCUT2D eigenvalue weighted by atomic mass is 16.5. The summed E-state index contributed by atoms with van der Waals surface area (Å²) < 4.78 is 6.13. The Hall–Kier alpha value is -0.900. The van der Waals surface area contributed by atoms with Crippen LogP contribution in [0.15, 0.2) is 30.3 Å². The Labute approximate surface area is 128 Å². The van der Waals surface area contributed by atoms with Crippen LogP contribution in [0.1, 0.15) is 50.0 Å². The van der Waals surface area contributed by atoms with Crippen molar-refractivity contribution in [1.82, 2.24) is 5.32 Å². The van der Waals surface area contributed by atoms with Gasteiger partial charge in [-0.3, -0.25) is 0 Å². The summed E-state index contributed by atoms with van der Waals surface area (Å²) in [4.78, 5) is 0. The number of rotatable bonds is 4. The first-order valence-electron chi connectivity index (χ1n) is 8.48. The van der Waals surface area contributed by atoms with E-state index >= 15 is 0 Å². The lowest BCUT2D eigenvalue weighted by atomic mass is 9.83. The van der Waals surface area contributed by atoms with Crippen molar-refractivity contribution >= 4 is 0 Å². The van der Waals surface area contributed by atoms with Gasteiger partial charge in [0, 0.05) is 12.1 Å². The first-order chi connectivity index (χ1) is 10.3. The molecular weight excluding hydrogens is 260 g/mol. The molecule has 3 heteroatoms. The predicted molar refractivity (Wildman–Crippen MR) is 86.4 cm³/mol. The number of piperidine rings is 1. The van der Waals surface area contributed by atoms with Gasteiger partial charge < -0.3 is 15.8 Å². The van der Waals surface area contributed by atoms with Gasteiger partial charge in [-0.05, 0) is 56.6 Å². The molecular formula is C18H28N2O. The second kappa shape index (κ2) is 7.39. The normalized spacial score (nSPS) is 33.8. The number of ether oxygens (including phenoxy) is 1. The van der Waals surface area contributed by atoms with Crippen LogP contribution in [-0.2, 0) is 4.74 Å². The van der Waals surface area contributed by atoms with Crippen LogP contribution in [0, 0.1) is 0 Å². The van der Waals surface area contributed by atoms with Gasteiger partial charge in [0.25, 0.3) is 0 Å². The highest BCUT2D eigenvalue weighted by molar-refractivity contribution is 5.19. The van der Waals surface area contributed by atoms with E-state index in [4.69, 9.17) is 10.5 Å². The maximum absolute atomic E-state index is 6.15. The monoisotopic (exact) mass is 288 g/mol. The van der Waals surface area contributed by atoms with Crippen LogP contribution in [-0.4, -0.2) is 31.3 Å². The summed E-state index contributed by atoms with van der Waals surface area (Å²) in [6.07, 6.45) is 7.61. The molecule has 1 heterocycles. The van der Waals surface area contributed by atoms with E-state index in [1.54, 1.807) is 0 Å². The van der Waals surface area contributed by atoms with E-state index in [2.05, 4.69) is 35.6 Å². The smallest absolute Gasteiger partial charge is 0.0638 e.